The van der Waals surface area contributed by atoms with Gasteiger partial charge < -0.3 is 10.3 Å². The van der Waals surface area contributed by atoms with Gasteiger partial charge in [0.25, 0.3) is 11.5 Å². The van der Waals surface area contributed by atoms with Gasteiger partial charge in [0.1, 0.15) is 5.56 Å². The molecule has 0 bridgehead atoms. The van der Waals surface area contributed by atoms with Crippen LogP contribution in [0, 0.1) is 0 Å². The zero-order valence-electron chi connectivity index (χ0n) is 13.5. The summed E-state index contributed by atoms with van der Waals surface area (Å²) in [6.45, 7) is 0. The molecule has 5 nitrogen and oxygen atoms in total. The van der Waals surface area contributed by atoms with Gasteiger partial charge >= 0.3 is 0 Å². The van der Waals surface area contributed by atoms with Crippen molar-refractivity contribution >= 4 is 5.91 Å². The molecule has 0 spiro atoms. The Morgan fingerprint density at radius 3 is 2.60 bits per heavy atom. The smallest absolute Gasteiger partial charge is 0.260 e. The van der Waals surface area contributed by atoms with Crippen LogP contribution >= 0.6 is 0 Å². The summed E-state index contributed by atoms with van der Waals surface area (Å²) >= 11 is 0. The van der Waals surface area contributed by atoms with Crippen molar-refractivity contribution in [3.8, 4) is 11.1 Å². The lowest BCUT2D eigenvalue weighted by Crippen LogP contribution is -2.31. The number of amides is 1. The van der Waals surface area contributed by atoms with Crippen molar-refractivity contribution in [2.75, 3.05) is 0 Å². The number of aromatic nitrogens is 2. The second-order valence-electron chi connectivity index (χ2n) is 6.20. The molecule has 124 valence electrons. The highest BCUT2D eigenvalue weighted by molar-refractivity contribution is 5.95. The first kappa shape index (κ1) is 15.3. The third-order valence-corrected chi connectivity index (χ3v) is 4.50. The largest absolute Gasteiger partial charge is 0.348 e. The number of H-pyrrole nitrogens is 1. The highest BCUT2D eigenvalue weighted by Crippen LogP contribution is 2.40. The van der Waals surface area contributed by atoms with Crippen LogP contribution in [0.15, 0.2) is 71.9 Å². The zero-order chi connectivity index (χ0) is 17.2. The second kappa shape index (κ2) is 6.36. The molecule has 2 atom stereocenters. The van der Waals surface area contributed by atoms with Gasteiger partial charge in [0.2, 0.25) is 0 Å². The minimum absolute atomic E-state index is 0.0823. The van der Waals surface area contributed by atoms with E-state index in [1.807, 2.05) is 30.3 Å². The van der Waals surface area contributed by atoms with Gasteiger partial charge in [0.05, 0.1) is 0 Å². The number of hydrogen-bond acceptors (Lipinski definition) is 3. The monoisotopic (exact) mass is 331 g/mol. The Bertz CT molecular complexity index is 951. The predicted octanol–water partition coefficient (Wildman–Crippen LogP) is 2.72. The Morgan fingerprint density at radius 2 is 1.84 bits per heavy atom. The third-order valence-electron chi connectivity index (χ3n) is 4.50. The zero-order valence-corrected chi connectivity index (χ0v) is 13.5. The van der Waals surface area contributed by atoms with Crippen molar-refractivity contribution in [1.29, 1.82) is 0 Å². The molecular weight excluding hydrogens is 314 g/mol. The van der Waals surface area contributed by atoms with Crippen molar-refractivity contribution in [2.45, 2.75) is 18.4 Å². The van der Waals surface area contributed by atoms with Crippen LogP contribution in [0.25, 0.3) is 11.1 Å². The topological polar surface area (TPSA) is 74.8 Å². The van der Waals surface area contributed by atoms with E-state index in [9.17, 15) is 9.59 Å². The fourth-order valence-electron chi connectivity index (χ4n) is 3.03. The number of nitrogens with zero attached hydrogens (tertiary/aromatic N) is 1. The molecule has 25 heavy (non-hydrogen) atoms. The van der Waals surface area contributed by atoms with E-state index in [1.54, 1.807) is 24.7 Å². The van der Waals surface area contributed by atoms with Crippen molar-refractivity contribution in [2.24, 2.45) is 0 Å². The maximum absolute atomic E-state index is 12.5. The molecule has 0 radical (unpaired) electrons. The van der Waals surface area contributed by atoms with Crippen LogP contribution < -0.4 is 10.9 Å². The molecule has 3 aromatic rings. The van der Waals surface area contributed by atoms with Crippen molar-refractivity contribution in [3.05, 3.63) is 88.6 Å². The Balaban J connectivity index is 1.52. The Hall–Kier alpha value is -3.21. The van der Waals surface area contributed by atoms with Crippen LogP contribution in [-0.4, -0.2) is 21.9 Å². The standard InChI is InChI=1S/C20H17N3O2/c24-19-17(10-15(12-22-19)13-6-8-21-9-7-13)20(25)23-18-11-16(18)14-4-2-1-3-5-14/h1-10,12,16,18H,11H2,(H,22,24)(H,23,25)/t16?,18-/m1/s1. The summed E-state index contributed by atoms with van der Waals surface area (Å²) in [7, 11) is 0. The molecule has 1 aliphatic rings. The minimum Gasteiger partial charge on any atom is -0.348 e. The van der Waals surface area contributed by atoms with E-state index in [0.717, 1.165) is 17.5 Å². The van der Waals surface area contributed by atoms with Crippen LogP contribution in [-0.2, 0) is 0 Å². The lowest BCUT2D eigenvalue weighted by Gasteiger charge is -2.07. The van der Waals surface area contributed by atoms with Gasteiger partial charge in [-0.15, -0.1) is 0 Å². The van der Waals surface area contributed by atoms with Crippen molar-refractivity contribution < 1.29 is 4.79 Å². The summed E-state index contributed by atoms with van der Waals surface area (Å²) in [6, 6.07) is 15.5. The quantitative estimate of drug-likeness (QED) is 0.772. The fourth-order valence-corrected chi connectivity index (χ4v) is 3.03. The van der Waals surface area contributed by atoms with E-state index >= 15 is 0 Å². The van der Waals surface area contributed by atoms with Crippen LogP contribution in [0.1, 0.15) is 28.3 Å². The second-order valence-corrected chi connectivity index (χ2v) is 6.20. The van der Waals surface area contributed by atoms with E-state index in [4.69, 9.17) is 0 Å². The molecule has 2 aromatic heterocycles. The Morgan fingerprint density at radius 1 is 1.08 bits per heavy atom. The van der Waals surface area contributed by atoms with Gasteiger partial charge in [-0.1, -0.05) is 30.3 Å². The van der Waals surface area contributed by atoms with Gasteiger partial charge in [-0.05, 0) is 41.3 Å². The molecule has 2 heterocycles. The van der Waals surface area contributed by atoms with Crippen LogP contribution in [0.3, 0.4) is 0 Å². The fraction of sp³-hybridized carbons (Fsp3) is 0.150. The lowest BCUT2D eigenvalue weighted by molar-refractivity contribution is 0.0949. The number of pyridine rings is 2. The minimum atomic E-state index is -0.382. The van der Waals surface area contributed by atoms with Crippen molar-refractivity contribution in [3.63, 3.8) is 0 Å². The maximum Gasteiger partial charge on any atom is 0.260 e. The highest BCUT2D eigenvalue weighted by atomic mass is 16.2. The predicted molar refractivity (Wildman–Crippen MR) is 95.3 cm³/mol. The summed E-state index contributed by atoms with van der Waals surface area (Å²) in [5, 5.41) is 2.97. The number of nitrogens with one attached hydrogen (secondary N) is 2. The average molecular weight is 331 g/mol. The molecule has 5 heteroatoms. The van der Waals surface area contributed by atoms with Crippen LogP contribution in [0.5, 0.6) is 0 Å². The summed E-state index contributed by atoms with van der Waals surface area (Å²) in [5.41, 5.74) is 2.64. The summed E-state index contributed by atoms with van der Waals surface area (Å²) < 4.78 is 0. The number of rotatable bonds is 4. The molecule has 1 fully saturated rings. The molecular formula is C20H17N3O2. The third kappa shape index (κ3) is 3.21. The molecule has 1 unspecified atom stereocenters. The average Bonchev–Trinajstić information content (AvgIpc) is 3.42. The molecule has 0 aliphatic heterocycles. The Kier molecular flexibility index (Phi) is 3.90. The van der Waals surface area contributed by atoms with Gasteiger partial charge in [0, 0.05) is 30.6 Å². The van der Waals surface area contributed by atoms with Gasteiger partial charge in [0.15, 0.2) is 0 Å². The molecule has 2 N–H and O–H groups in total. The number of carbonyl (C=O) groups is 1. The van der Waals surface area contributed by atoms with Gasteiger partial charge in [-0.25, -0.2) is 0 Å². The SMILES string of the molecule is O=C(N[C@@H]1CC1c1ccccc1)c1cc(-c2ccncc2)c[nH]c1=O. The van der Waals surface area contributed by atoms with Gasteiger partial charge in [-0.3, -0.25) is 14.6 Å². The number of aromatic amines is 1. The summed E-state index contributed by atoms with van der Waals surface area (Å²) in [5.74, 6) is -0.00630. The molecule has 1 amide bonds. The lowest BCUT2D eigenvalue weighted by atomic mass is 10.1. The molecule has 0 saturated heterocycles. The summed E-state index contributed by atoms with van der Waals surface area (Å²) in [4.78, 5) is 31.2. The summed E-state index contributed by atoms with van der Waals surface area (Å²) in [6.07, 6.45) is 5.86. The van der Waals surface area contributed by atoms with Crippen LogP contribution in [0.2, 0.25) is 0 Å². The molecule has 1 aromatic carbocycles. The Labute approximate surface area is 144 Å². The van der Waals surface area contributed by atoms with Gasteiger partial charge in [-0.2, -0.15) is 0 Å². The van der Waals surface area contributed by atoms with E-state index in [-0.39, 0.29) is 23.1 Å². The number of hydrogen-bond donors (Lipinski definition) is 2. The normalized spacial score (nSPS) is 18.6. The highest BCUT2D eigenvalue weighted by Gasteiger charge is 2.39. The van der Waals surface area contributed by atoms with Crippen molar-refractivity contribution in [1.82, 2.24) is 15.3 Å². The van der Waals surface area contributed by atoms with Crippen LogP contribution in [0.4, 0.5) is 0 Å². The molecule has 1 aliphatic carbocycles. The number of benzene rings is 1. The van der Waals surface area contributed by atoms with E-state index in [1.165, 1.54) is 5.56 Å². The number of carbonyl (C=O) groups excluding carboxylic acids is 1. The molecule has 1 saturated carbocycles. The van der Waals surface area contributed by atoms with E-state index < -0.39 is 0 Å². The van der Waals surface area contributed by atoms with E-state index in [2.05, 4.69) is 27.4 Å². The first-order valence-corrected chi connectivity index (χ1v) is 8.21. The maximum atomic E-state index is 12.5. The molecule has 4 rings (SSSR count). The first-order valence-electron chi connectivity index (χ1n) is 8.21. The first-order chi connectivity index (χ1) is 12.2. The van der Waals surface area contributed by atoms with E-state index in [0.29, 0.717) is 5.92 Å².